The highest BCUT2D eigenvalue weighted by Crippen LogP contribution is 2.31. The molecule has 1 N–H and O–H groups in total. The van der Waals surface area contributed by atoms with E-state index in [2.05, 4.69) is 36.6 Å². The lowest BCUT2D eigenvalue weighted by Gasteiger charge is -2.10. The van der Waals surface area contributed by atoms with E-state index in [9.17, 15) is 5.11 Å². The molecule has 17 heavy (non-hydrogen) atoms. The Morgan fingerprint density at radius 2 is 2.06 bits per heavy atom. The quantitative estimate of drug-likeness (QED) is 0.883. The molecule has 0 unspecified atom stereocenters. The van der Waals surface area contributed by atoms with Crippen LogP contribution in [0.25, 0.3) is 10.9 Å². The third-order valence-corrected chi connectivity index (χ3v) is 3.39. The number of benzene rings is 1. The molecule has 0 spiro atoms. The molecule has 3 heteroatoms. The summed E-state index contributed by atoms with van der Waals surface area (Å²) in [5.41, 5.74) is 3.13. The Balaban J connectivity index is 2.70. The van der Waals surface area contributed by atoms with Crippen LogP contribution in [0.1, 0.15) is 25.0 Å². The molecule has 0 aliphatic heterocycles. The first-order valence-corrected chi connectivity index (χ1v) is 6.30. The van der Waals surface area contributed by atoms with Gasteiger partial charge in [-0.25, -0.2) is 0 Å². The van der Waals surface area contributed by atoms with Gasteiger partial charge in [0.25, 0.3) is 0 Å². The number of rotatable bonds is 3. The van der Waals surface area contributed by atoms with Gasteiger partial charge in [-0.3, -0.25) is 0 Å². The molecule has 0 saturated heterocycles. The van der Waals surface area contributed by atoms with Crippen molar-refractivity contribution < 1.29 is 5.11 Å². The highest BCUT2D eigenvalue weighted by atomic mass is 35.5. The molecular weight excluding hydrogens is 234 g/mol. The minimum Gasteiger partial charge on any atom is -0.392 e. The number of hydrogen-bond acceptors (Lipinski definition) is 1. The van der Waals surface area contributed by atoms with Gasteiger partial charge in [-0.05, 0) is 25.0 Å². The Labute approximate surface area is 107 Å². The van der Waals surface area contributed by atoms with Crippen LogP contribution in [0, 0.1) is 12.8 Å². The third-order valence-electron chi connectivity index (χ3n) is 2.96. The van der Waals surface area contributed by atoms with Crippen molar-refractivity contribution in [2.45, 2.75) is 33.9 Å². The van der Waals surface area contributed by atoms with Crippen molar-refractivity contribution >= 4 is 22.5 Å². The van der Waals surface area contributed by atoms with Crippen LogP contribution in [0.5, 0.6) is 0 Å². The van der Waals surface area contributed by atoms with Gasteiger partial charge in [0.1, 0.15) is 5.15 Å². The molecule has 0 saturated carbocycles. The average Bonchev–Trinajstić information content (AvgIpc) is 2.50. The van der Waals surface area contributed by atoms with Crippen molar-refractivity contribution in [3.8, 4) is 0 Å². The van der Waals surface area contributed by atoms with E-state index in [1.54, 1.807) is 0 Å². The SMILES string of the molecule is Cc1ccc2c(c1)c(CO)c(Cl)n2CC(C)C. The maximum atomic E-state index is 9.46. The van der Waals surface area contributed by atoms with E-state index in [0.29, 0.717) is 11.1 Å². The van der Waals surface area contributed by atoms with E-state index in [1.165, 1.54) is 5.56 Å². The Bertz CT molecular complexity index is 543. The molecule has 1 heterocycles. The first-order chi connectivity index (χ1) is 8.04. The van der Waals surface area contributed by atoms with Gasteiger partial charge in [-0.1, -0.05) is 37.1 Å². The molecule has 0 amide bonds. The number of aliphatic hydroxyl groups is 1. The van der Waals surface area contributed by atoms with Crippen molar-refractivity contribution in [1.82, 2.24) is 4.57 Å². The summed E-state index contributed by atoms with van der Waals surface area (Å²) in [6.07, 6.45) is 0. The van der Waals surface area contributed by atoms with Crippen LogP contribution in [-0.4, -0.2) is 9.67 Å². The number of nitrogens with zero attached hydrogens (tertiary/aromatic N) is 1. The first kappa shape index (κ1) is 12.5. The Morgan fingerprint density at radius 3 is 2.65 bits per heavy atom. The summed E-state index contributed by atoms with van der Waals surface area (Å²) in [5.74, 6) is 0.524. The smallest absolute Gasteiger partial charge is 0.115 e. The number of hydrogen-bond donors (Lipinski definition) is 1. The van der Waals surface area contributed by atoms with Crippen LogP contribution in [0.3, 0.4) is 0 Å². The van der Waals surface area contributed by atoms with Gasteiger partial charge in [0.2, 0.25) is 0 Å². The van der Waals surface area contributed by atoms with Gasteiger partial charge >= 0.3 is 0 Å². The van der Waals surface area contributed by atoms with Crippen LogP contribution >= 0.6 is 11.6 Å². The minimum absolute atomic E-state index is 0.0100. The largest absolute Gasteiger partial charge is 0.392 e. The molecule has 0 atom stereocenters. The van der Waals surface area contributed by atoms with Gasteiger partial charge < -0.3 is 9.67 Å². The van der Waals surface area contributed by atoms with Gasteiger partial charge in [-0.15, -0.1) is 0 Å². The van der Waals surface area contributed by atoms with Gasteiger partial charge in [0, 0.05) is 23.0 Å². The molecule has 0 fully saturated rings. The van der Waals surface area contributed by atoms with E-state index in [1.807, 2.05) is 6.92 Å². The molecule has 2 aromatic rings. The van der Waals surface area contributed by atoms with Crippen LogP contribution in [0.2, 0.25) is 5.15 Å². The summed E-state index contributed by atoms with van der Waals surface area (Å²) in [5, 5.41) is 11.2. The van der Waals surface area contributed by atoms with Gasteiger partial charge in [0.05, 0.1) is 6.61 Å². The van der Waals surface area contributed by atoms with E-state index in [0.717, 1.165) is 23.0 Å². The second-order valence-electron chi connectivity index (χ2n) is 4.95. The second kappa shape index (κ2) is 4.71. The fourth-order valence-electron chi connectivity index (χ4n) is 2.20. The maximum Gasteiger partial charge on any atom is 0.115 e. The molecule has 1 aromatic carbocycles. The van der Waals surface area contributed by atoms with E-state index in [4.69, 9.17) is 11.6 Å². The van der Waals surface area contributed by atoms with Crippen molar-refractivity contribution in [2.75, 3.05) is 0 Å². The Hall–Kier alpha value is -0.990. The average molecular weight is 252 g/mol. The van der Waals surface area contributed by atoms with Crippen LogP contribution in [0.4, 0.5) is 0 Å². The highest BCUT2D eigenvalue weighted by Gasteiger charge is 2.15. The lowest BCUT2D eigenvalue weighted by atomic mass is 10.1. The molecule has 0 aliphatic carbocycles. The lowest BCUT2D eigenvalue weighted by molar-refractivity contribution is 0.283. The third kappa shape index (κ3) is 2.20. The summed E-state index contributed by atoms with van der Waals surface area (Å²) in [6.45, 7) is 7.24. The normalized spacial score (nSPS) is 11.6. The number of aryl methyl sites for hydroxylation is 1. The lowest BCUT2D eigenvalue weighted by Crippen LogP contribution is -2.04. The minimum atomic E-state index is -0.0100. The molecule has 0 bridgehead atoms. The topological polar surface area (TPSA) is 25.2 Å². The standard InChI is InChI=1S/C14H18ClNO/c1-9(2)7-16-13-5-4-10(3)6-11(13)12(8-17)14(16)15/h4-6,9,17H,7-8H2,1-3H3. The molecule has 92 valence electrons. The zero-order valence-electron chi connectivity index (χ0n) is 10.5. The summed E-state index contributed by atoms with van der Waals surface area (Å²) in [7, 11) is 0. The number of aliphatic hydroxyl groups excluding tert-OH is 1. The molecule has 1 aromatic heterocycles. The predicted octanol–water partition coefficient (Wildman–Crippen LogP) is 3.75. The van der Waals surface area contributed by atoms with Crippen LogP contribution in [0.15, 0.2) is 18.2 Å². The summed E-state index contributed by atoms with van der Waals surface area (Å²) in [4.78, 5) is 0. The van der Waals surface area contributed by atoms with Gasteiger partial charge in [-0.2, -0.15) is 0 Å². The number of halogens is 1. The fourth-order valence-corrected chi connectivity index (χ4v) is 2.52. The van der Waals surface area contributed by atoms with E-state index in [-0.39, 0.29) is 6.61 Å². The number of fused-ring (bicyclic) bond motifs is 1. The van der Waals surface area contributed by atoms with Crippen molar-refractivity contribution in [3.63, 3.8) is 0 Å². The molecular formula is C14H18ClNO. The molecule has 0 aliphatic rings. The number of aromatic nitrogens is 1. The van der Waals surface area contributed by atoms with Crippen molar-refractivity contribution in [3.05, 3.63) is 34.5 Å². The Kier molecular flexibility index (Phi) is 3.45. The monoisotopic (exact) mass is 251 g/mol. The molecule has 2 rings (SSSR count). The summed E-state index contributed by atoms with van der Waals surface area (Å²) < 4.78 is 2.09. The maximum absolute atomic E-state index is 9.46. The van der Waals surface area contributed by atoms with Gasteiger partial charge in [0.15, 0.2) is 0 Å². The zero-order valence-corrected chi connectivity index (χ0v) is 11.3. The molecule has 0 radical (unpaired) electrons. The van der Waals surface area contributed by atoms with E-state index >= 15 is 0 Å². The predicted molar refractivity (Wildman–Crippen MR) is 72.4 cm³/mol. The zero-order chi connectivity index (χ0) is 12.6. The van der Waals surface area contributed by atoms with Crippen LogP contribution in [-0.2, 0) is 13.2 Å². The highest BCUT2D eigenvalue weighted by molar-refractivity contribution is 6.32. The van der Waals surface area contributed by atoms with Crippen LogP contribution < -0.4 is 0 Å². The van der Waals surface area contributed by atoms with Crippen molar-refractivity contribution in [1.29, 1.82) is 0 Å². The fraction of sp³-hybridized carbons (Fsp3) is 0.429. The Morgan fingerprint density at radius 1 is 1.35 bits per heavy atom. The first-order valence-electron chi connectivity index (χ1n) is 5.92. The van der Waals surface area contributed by atoms with Crippen molar-refractivity contribution in [2.24, 2.45) is 5.92 Å². The second-order valence-corrected chi connectivity index (χ2v) is 5.31. The summed E-state index contributed by atoms with van der Waals surface area (Å²) in [6, 6.07) is 6.25. The van der Waals surface area contributed by atoms with E-state index < -0.39 is 0 Å². The summed E-state index contributed by atoms with van der Waals surface area (Å²) >= 11 is 6.35. The molecule has 2 nitrogen and oxygen atoms in total.